The molecule has 3 N–H and O–H groups in total. The number of ether oxygens (including phenoxy) is 1. The topological polar surface area (TPSA) is 87.9 Å². The minimum atomic E-state index is -0.512. The molecule has 7 heteroatoms. The Morgan fingerprint density at radius 3 is 2.59 bits per heavy atom. The highest BCUT2D eigenvalue weighted by atomic mass is 16.5. The molecule has 0 bridgehead atoms. The van der Waals surface area contributed by atoms with Crippen molar-refractivity contribution >= 4 is 11.8 Å². The third-order valence-corrected chi connectivity index (χ3v) is 6.30. The minimum absolute atomic E-state index is 0.130. The van der Waals surface area contributed by atoms with Gasteiger partial charge >= 0.3 is 0 Å². The van der Waals surface area contributed by atoms with Crippen LogP contribution < -0.4 is 15.8 Å². The first-order valence-corrected chi connectivity index (χ1v) is 11.3. The van der Waals surface area contributed by atoms with E-state index < -0.39 is 6.04 Å². The van der Waals surface area contributed by atoms with Crippen molar-refractivity contribution in [1.82, 2.24) is 15.1 Å². The monoisotopic (exact) mass is 436 g/mol. The number of nitrogens with zero attached hydrogens (tertiary/aromatic N) is 2. The molecule has 0 aromatic heterocycles. The number of hydrogen-bond acceptors (Lipinski definition) is 5. The zero-order chi connectivity index (χ0) is 22.5. The summed E-state index contributed by atoms with van der Waals surface area (Å²) in [6.45, 7) is 2.13. The Labute approximate surface area is 189 Å². The molecule has 1 saturated heterocycles. The van der Waals surface area contributed by atoms with Crippen LogP contribution in [0.5, 0.6) is 5.75 Å². The normalized spacial score (nSPS) is 20.4. The van der Waals surface area contributed by atoms with Crippen LogP contribution in [0.15, 0.2) is 54.6 Å². The van der Waals surface area contributed by atoms with Gasteiger partial charge in [0.2, 0.25) is 5.91 Å². The van der Waals surface area contributed by atoms with Gasteiger partial charge in [-0.3, -0.25) is 14.5 Å². The van der Waals surface area contributed by atoms with E-state index in [0.29, 0.717) is 43.4 Å². The molecule has 4 rings (SSSR count). The molecule has 0 radical (unpaired) electrons. The van der Waals surface area contributed by atoms with Crippen LogP contribution >= 0.6 is 0 Å². The lowest BCUT2D eigenvalue weighted by Gasteiger charge is -2.29. The molecule has 32 heavy (non-hydrogen) atoms. The maximum absolute atomic E-state index is 13.5. The number of carbonyl (C=O) groups is 2. The van der Waals surface area contributed by atoms with Gasteiger partial charge in [-0.2, -0.15) is 0 Å². The van der Waals surface area contributed by atoms with Gasteiger partial charge in [-0.05, 0) is 43.0 Å². The van der Waals surface area contributed by atoms with Gasteiger partial charge in [0.15, 0.2) is 0 Å². The second-order valence-corrected chi connectivity index (χ2v) is 8.56. The first-order chi connectivity index (χ1) is 15.6. The minimum Gasteiger partial charge on any atom is -0.497 e. The van der Waals surface area contributed by atoms with Gasteiger partial charge in [-0.1, -0.05) is 36.4 Å². The lowest BCUT2D eigenvalue weighted by atomic mass is 10.1. The molecule has 2 unspecified atom stereocenters. The second kappa shape index (κ2) is 10.1. The van der Waals surface area contributed by atoms with Crippen molar-refractivity contribution in [2.75, 3.05) is 26.7 Å². The van der Waals surface area contributed by atoms with Gasteiger partial charge in [0.05, 0.1) is 7.11 Å². The number of hydrogen-bond donors (Lipinski definition) is 2. The van der Waals surface area contributed by atoms with Crippen molar-refractivity contribution in [3.8, 4) is 5.75 Å². The summed E-state index contributed by atoms with van der Waals surface area (Å²) in [5.41, 5.74) is 7.37. The Hall–Kier alpha value is -2.90. The number of nitrogens with one attached hydrogen (secondary N) is 1. The summed E-state index contributed by atoms with van der Waals surface area (Å²) in [6, 6.07) is 17.6. The van der Waals surface area contributed by atoms with Crippen molar-refractivity contribution in [2.24, 2.45) is 5.73 Å². The highest BCUT2D eigenvalue weighted by Gasteiger charge is 2.45. The molecule has 2 aromatic carbocycles. The molecular weight excluding hydrogens is 404 g/mol. The Morgan fingerprint density at radius 1 is 1.12 bits per heavy atom. The predicted octanol–water partition coefficient (Wildman–Crippen LogP) is 2.02. The van der Waals surface area contributed by atoms with Gasteiger partial charge in [0, 0.05) is 43.8 Å². The van der Waals surface area contributed by atoms with Gasteiger partial charge in [-0.15, -0.1) is 0 Å². The van der Waals surface area contributed by atoms with Crippen molar-refractivity contribution in [3.05, 3.63) is 65.7 Å². The zero-order valence-electron chi connectivity index (χ0n) is 18.6. The van der Waals surface area contributed by atoms with Gasteiger partial charge in [0.25, 0.3) is 5.91 Å². The van der Waals surface area contributed by atoms with Gasteiger partial charge < -0.3 is 20.7 Å². The summed E-state index contributed by atoms with van der Waals surface area (Å²) in [6.07, 6.45) is 2.95. The van der Waals surface area contributed by atoms with E-state index in [1.165, 1.54) is 5.56 Å². The maximum Gasteiger partial charge on any atom is 0.254 e. The molecule has 2 amide bonds. The van der Waals surface area contributed by atoms with E-state index in [2.05, 4.69) is 34.5 Å². The lowest BCUT2D eigenvalue weighted by molar-refractivity contribution is -0.124. The van der Waals surface area contributed by atoms with Crippen molar-refractivity contribution in [2.45, 2.75) is 43.9 Å². The second-order valence-electron chi connectivity index (χ2n) is 8.56. The SMILES string of the molecule is COc1cccc(C(=O)N2CC(N(Cc3ccccc3)C3CC3)CC2C(=O)NCCN)c1. The number of methoxy groups -OCH3 is 1. The molecule has 1 saturated carbocycles. The molecule has 1 aliphatic heterocycles. The fourth-order valence-electron chi connectivity index (χ4n) is 4.52. The van der Waals surface area contributed by atoms with Gasteiger partial charge in [0.1, 0.15) is 11.8 Å². The van der Waals surface area contributed by atoms with Crippen LogP contribution in [0.1, 0.15) is 35.2 Å². The first kappa shape index (κ1) is 22.3. The highest BCUT2D eigenvalue weighted by Crippen LogP contribution is 2.35. The van der Waals surface area contributed by atoms with E-state index in [9.17, 15) is 9.59 Å². The average Bonchev–Trinajstić information content (AvgIpc) is 3.58. The van der Waals surface area contributed by atoms with Crippen molar-refractivity contribution in [3.63, 3.8) is 0 Å². The fraction of sp³-hybridized carbons (Fsp3) is 0.440. The summed E-state index contributed by atoms with van der Waals surface area (Å²) in [4.78, 5) is 30.7. The number of amides is 2. The van der Waals surface area contributed by atoms with Crippen LogP contribution in [0.2, 0.25) is 0 Å². The number of carbonyl (C=O) groups excluding carboxylic acids is 2. The van der Waals surface area contributed by atoms with E-state index in [-0.39, 0.29) is 17.9 Å². The predicted molar refractivity (Wildman–Crippen MR) is 123 cm³/mol. The quantitative estimate of drug-likeness (QED) is 0.628. The average molecular weight is 437 g/mol. The summed E-state index contributed by atoms with van der Waals surface area (Å²) < 4.78 is 5.29. The summed E-state index contributed by atoms with van der Waals surface area (Å²) in [5.74, 6) is 0.346. The molecule has 0 spiro atoms. The maximum atomic E-state index is 13.5. The number of likely N-dealkylation sites (tertiary alicyclic amines) is 1. The standard InChI is InChI=1S/C25H32N4O3/c1-32-22-9-5-8-19(14-22)25(31)29-17-21(15-23(29)24(30)27-13-12-26)28(20-10-11-20)16-18-6-3-2-4-7-18/h2-9,14,20-21,23H,10-13,15-17,26H2,1H3,(H,27,30). The number of nitrogens with two attached hydrogens (primary N) is 1. The van der Waals surface area contributed by atoms with E-state index in [0.717, 1.165) is 19.4 Å². The third-order valence-electron chi connectivity index (χ3n) is 6.30. The summed E-state index contributed by atoms with van der Waals surface area (Å²) in [5, 5.41) is 2.89. The summed E-state index contributed by atoms with van der Waals surface area (Å²) in [7, 11) is 1.58. The van der Waals surface area contributed by atoms with Crippen molar-refractivity contribution < 1.29 is 14.3 Å². The number of rotatable bonds is 9. The van der Waals surface area contributed by atoms with E-state index in [1.54, 1.807) is 30.2 Å². The molecule has 2 atom stereocenters. The number of benzene rings is 2. The largest absolute Gasteiger partial charge is 0.497 e. The van der Waals surface area contributed by atoms with Gasteiger partial charge in [-0.25, -0.2) is 0 Å². The van der Waals surface area contributed by atoms with E-state index in [1.807, 2.05) is 12.1 Å². The van der Waals surface area contributed by atoms with Crippen LogP contribution in [0.4, 0.5) is 0 Å². The molecule has 170 valence electrons. The van der Waals surface area contributed by atoms with Crippen LogP contribution in [0.25, 0.3) is 0 Å². The Bertz CT molecular complexity index is 932. The summed E-state index contributed by atoms with van der Waals surface area (Å²) >= 11 is 0. The molecule has 2 aliphatic rings. The van der Waals surface area contributed by atoms with Crippen LogP contribution in [-0.4, -0.2) is 66.5 Å². The van der Waals surface area contributed by atoms with Crippen molar-refractivity contribution in [1.29, 1.82) is 0 Å². The van der Waals surface area contributed by atoms with Crippen LogP contribution in [0.3, 0.4) is 0 Å². The molecule has 2 fully saturated rings. The first-order valence-electron chi connectivity index (χ1n) is 11.3. The zero-order valence-corrected chi connectivity index (χ0v) is 18.6. The van der Waals surface area contributed by atoms with E-state index in [4.69, 9.17) is 10.5 Å². The Balaban J connectivity index is 1.57. The Morgan fingerprint density at radius 2 is 1.91 bits per heavy atom. The lowest BCUT2D eigenvalue weighted by Crippen LogP contribution is -2.47. The van der Waals surface area contributed by atoms with Crippen LogP contribution in [-0.2, 0) is 11.3 Å². The third kappa shape index (κ3) is 5.11. The molecule has 7 nitrogen and oxygen atoms in total. The smallest absolute Gasteiger partial charge is 0.254 e. The van der Waals surface area contributed by atoms with E-state index >= 15 is 0 Å². The Kier molecular flexibility index (Phi) is 7.07. The molecule has 2 aromatic rings. The van der Waals surface area contributed by atoms with Crippen LogP contribution in [0, 0.1) is 0 Å². The molecule has 1 heterocycles. The molecule has 1 aliphatic carbocycles. The molecular formula is C25H32N4O3. The highest BCUT2D eigenvalue weighted by molar-refractivity contribution is 5.98. The fourth-order valence-corrected chi connectivity index (χ4v) is 4.52.